The van der Waals surface area contributed by atoms with Gasteiger partial charge in [-0.3, -0.25) is 9.69 Å². The average Bonchev–Trinajstić information content (AvgIpc) is 2.32. The SMILES string of the molecule is CC(C)N1CC(=O)N(CCN)C1=O. The molecule has 13 heavy (non-hydrogen) atoms. The van der Waals surface area contributed by atoms with Gasteiger partial charge in [0, 0.05) is 19.1 Å². The molecule has 0 bridgehead atoms. The van der Waals surface area contributed by atoms with Gasteiger partial charge in [0.05, 0.1) is 0 Å². The summed E-state index contributed by atoms with van der Waals surface area (Å²) in [6, 6.07) is -0.148. The van der Waals surface area contributed by atoms with Gasteiger partial charge in [-0.1, -0.05) is 0 Å². The zero-order valence-corrected chi connectivity index (χ0v) is 7.99. The molecular weight excluding hydrogens is 170 g/mol. The molecular formula is C8H15N3O2. The molecule has 0 aromatic heterocycles. The summed E-state index contributed by atoms with van der Waals surface area (Å²) in [5.74, 6) is -0.149. The number of carbonyl (C=O) groups is 2. The molecule has 0 saturated carbocycles. The van der Waals surface area contributed by atoms with Crippen LogP contribution < -0.4 is 5.73 Å². The van der Waals surface area contributed by atoms with E-state index >= 15 is 0 Å². The van der Waals surface area contributed by atoms with Crippen molar-refractivity contribution in [2.24, 2.45) is 5.73 Å². The molecule has 0 unspecified atom stereocenters. The van der Waals surface area contributed by atoms with Crippen LogP contribution in [0.1, 0.15) is 13.8 Å². The fourth-order valence-electron chi connectivity index (χ4n) is 1.31. The van der Waals surface area contributed by atoms with Crippen molar-refractivity contribution in [2.75, 3.05) is 19.6 Å². The molecule has 0 aromatic carbocycles. The standard InChI is InChI=1S/C8H15N3O2/c1-6(2)11-5-7(12)10(4-3-9)8(11)13/h6H,3-5,9H2,1-2H3. The Labute approximate surface area is 77.5 Å². The second-order valence-electron chi connectivity index (χ2n) is 3.34. The Morgan fingerprint density at radius 3 is 2.46 bits per heavy atom. The lowest BCUT2D eigenvalue weighted by atomic mass is 10.3. The summed E-state index contributed by atoms with van der Waals surface area (Å²) in [6.45, 7) is 4.61. The van der Waals surface area contributed by atoms with E-state index in [0.717, 1.165) is 0 Å². The van der Waals surface area contributed by atoms with Gasteiger partial charge in [0.2, 0.25) is 5.91 Å². The first-order valence-corrected chi connectivity index (χ1v) is 4.39. The lowest BCUT2D eigenvalue weighted by Crippen LogP contribution is -2.38. The van der Waals surface area contributed by atoms with Crippen LogP contribution in [-0.4, -0.2) is 47.4 Å². The van der Waals surface area contributed by atoms with Crippen molar-refractivity contribution in [1.29, 1.82) is 0 Å². The molecule has 0 aliphatic carbocycles. The van der Waals surface area contributed by atoms with E-state index < -0.39 is 0 Å². The molecule has 5 heteroatoms. The third kappa shape index (κ3) is 1.80. The predicted octanol–water partition coefficient (Wildman–Crippen LogP) is -0.382. The van der Waals surface area contributed by atoms with Gasteiger partial charge >= 0.3 is 6.03 Å². The largest absolute Gasteiger partial charge is 0.329 e. The average molecular weight is 185 g/mol. The monoisotopic (exact) mass is 185 g/mol. The molecule has 1 rings (SSSR count). The predicted molar refractivity (Wildman–Crippen MR) is 48.0 cm³/mol. The van der Waals surface area contributed by atoms with Gasteiger partial charge in [-0.2, -0.15) is 0 Å². The van der Waals surface area contributed by atoms with Crippen LogP contribution in [0.3, 0.4) is 0 Å². The van der Waals surface area contributed by atoms with Crippen molar-refractivity contribution in [2.45, 2.75) is 19.9 Å². The van der Waals surface area contributed by atoms with E-state index in [2.05, 4.69) is 0 Å². The van der Waals surface area contributed by atoms with Gasteiger partial charge in [0.15, 0.2) is 0 Å². The Balaban J connectivity index is 2.69. The molecule has 1 saturated heterocycles. The third-order valence-corrected chi connectivity index (χ3v) is 2.06. The van der Waals surface area contributed by atoms with Gasteiger partial charge in [0.25, 0.3) is 0 Å². The summed E-state index contributed by atoms with van der Waals surface area (Å²) in [5, 5.41) is 0. The lowest BCUT2D eigenvalue weighted by Gasteiger charge is -2.19. The van der Waals surface area contributed by atoms with Crippen molar-refractivity contribution in [3.05, 3.63) is 0 Å². The highest BCUT2D eigenvalue weighted by Gasteiger charge is 2.36. The highest BCUT2D eigenvalue weighted by atomic mass is 16.2. The van der Waals surface area contributed by atoms with E-state index in [-0.39, 0.29) is 24.5 Å². The van der Waals surface area contributed by atoms with Gasteiger partial charge in [0.1, 0.15) is 6.54 Å². The molecule has 1 fully saturated rings. The van der Waals surface area contributed by atoms with Crippen LogP contribution in [-0.2, 0) is 4.79 Å². The molecule has 1 aliphatic rings. The molecule has 1 heterocycles. The molecule has 0 atom stereocenters. The molecule has 74 valence electrons. The topological polar surface area (TPSA) is 66.6 Å². The van der Waals surface area contributed by atoms with E-state index in [4.69, 9.17) is 5.73 Å². The zero-order chi connectivity index (χ0) is 10.0. The maximum absolute atomic E-state index is 11.5. The highest BCUT2D eigenvalue weighted by Crippen LogP contribution is 2.12. The first-order valence-electron chi connectivity index (χ1n) is 4.39. The minimum absolute atomic E-state index is 0.0687. The maximum atomic E-state index is 11.5. The maximum Gasteiger partial charge on any atom is 0.327 e. The molecule has 5 nitrogen and oxygen atoms in total. The summed E-state index contributed by atoms with van der Waals surface area (Å²) in [5.41, 5.74) is 5.29. The van der Waals surface area contributed by atoms with Crippen molar-refractivity contribution in [1.82, 2.24) is 9.80 Å². The number of nitrogens with zero attached hydrogens (tertiary/aromatic N) is 2. The second-order valence-corrected chi connectivity index (χ2v) is 3.34. The third-order valence-electron chi connectivity index (χ3n) is 2.06. The normalized spacial score (nSPS) is 17.8. The van der Waals surface area contributed by atoms with Crippen LogP contribution >= 0.6 is 0 Å². The number of nitrogens with two attached hydrogens (primary N) is 1. The van der Waals surface area contributed by atoms with Crippen molar-refractivity contribution in [3.8, 4) is 0 Å². The Bertz CT molecular complexity index is 227. The minimum atomic E-state index is -0.217. The zero-order valence-electron chi connectivity index (χ0n) is 7.99. The Kier molecular flexibility index (Phi) is 2.87. The van der Waals surface area contributed by atoms with Crippen LogP contribution in [0, 0.1) is 0 Å². The fraction of sp³-hybridized carbons (Fsp3) is 0.750. The van der Waals surface area contributed by atoms with Crippen LogP contribution in [0.4, 0.5) is 4.79 Å². The van der Waals surface area contributed by atoms with Crippen LogP contribution in [0.15, 0.2) is 0 Å². The fourth-order valence-corrected chi connectivity index (χ4v) is 1.31. The lowest BCUT2D eigenvalue weighted by molar-refractivity contribution is -0.125. The van der Waals surface area contributed by atoms with E-state index in [1.165, 1.54) is 9.80 Å². The Hall–Kier alpha value is -1.10. The van der Waals surface area contributed by atoms with E-state index in [1.807, 2.05) is 13.8 Å². The van der Waals surface area contributed by atoms with Crippen molar-refractivity contribution in [3.63, 3.8) is 0 Å². The van der Waals surface area contributed by atoms with E-state index in [1.54, 1.807) is 0 Å². The number of carbonyl (C=O) groups excluding carboxylic acids is 2. The van der Waals surface area contributed by atoms with Crippen molar-refractivity contribution < 1.29 is 9.59 Å². The Morgan fingerprint density at radius 2 is 2.08 bits per heavy atom. The summed E-state index contributed by atoms with van der Waals surface area (Å²) in [7, 11) is 0. The molecule has 3 amide bonds. The first-order chi connectivity index (χ1) is 6.07. The van der Waals surface area contributed by atoms with Crippen LogP contribution in [0.25, 0.3) is 0 Å². The van der Waals surface area contributed by atoms with Crippen molar-refractivity contribution >= 4 is 11.9 Å². The second kappa shape index (κ2) is 3.74. The molecule has 2 N–H and O–H groups in total. The Morgan fingerprint density at radius 1 is 1.46 bits per heavy atom. The van der Waals surface area contributed by atoms with E-state index in [0.29, 0.717) is 13.1 Å². The number of amides is 3. The van der Waals surface area contributed by atoms with Gasteiger partial charge in [-0.15, -0.1) is 0 Å². The van der Waals surface area contributed by atoms with Crippen LogP contribution in [0.2, 0.25) is 0 Å². The summed E-state index contributed by atoms with van der Waals surface area (Å²) >= 11 is 0. The summed E-state index contributed by atoms with van der Waals surface area (Å²) in [6.07, 6.45) is 0. The number of urea groups is 1. The van der Waals surface area contributed by atoms with E-state index in [9.17, 15) is 9.59 Å². The number of rotatable bonds is 3. The molecule has 1 aliphatic heterocycles. The number of imide groups is 1. The first kappa shape index (κ1) is 9.98. The molecule has 0 aromatic rings. The highest BCUT2D eigenvalue weighted by molar-refractivity contribution is 6.02. The summed E-state index contributed by atoms with van der Waals surface area (Å²) < 4.78 is 0. The smallest absolute Gasteiger partial charge is 0.327 e. The van der Waals surface area contributed by atoms with Gasteiger partial charge in [-0.25, -0.2) is 4.79 Å². The number of hydrogen-bond donors (Lipinski definition) is 1. The minimum Gasteiger partial charge on any atom is -0.329 e. The van der Waals surface area contributed by atoms with Crippen LogP contribution in [0.5, 0.6) is 0 Å². The molecule has 0 radical (unpaired) electrons. The molecule has 0 spiro atoms. The van der Waals surface area contributed by atoms with Gasteiger partial charge in [-0.05, 0) is 13.8 Å². The quantitative estimate of drug-likeness (QED) is 0.609. The van der Waals surface area contributed by atoms with Gasteiger partial charge < -0.3 is 10.6 Å². The number of hydrogen-bond acceptors (Lipinski definition) is 3. The summed E-state index contributed by atoms with van der Waals surface area (Å²) in [4.78, 5) is 25.6.